The number of hydrogen-bond donors (Lipinski definition) is 3. The first-order valence-corrected chi connectivity index (χ1v) is 6.70. The molecule has 0 aliphatic heterocycles. The van der Waals surface area contributed by atoms with E-state index in [9.17, 15) is 4.79 Å². The maximum Gasteiger partial charge on any atom is 0.239 e. The molecule has 1 amide bonds. The highest BCUT2D eigenvalue weighted by molar-refractivity contribution is 5.80. The third kappa shape index (κ3) is 5.11. The van der Waals surface area contributed by atoms with Gasteiger partial charge in [0.1, 0.15) is 17.5 Å². The third-order valence-electron chi connectivity index (χ3n) is 2.42. The second kappa shape index (κ2) is 7.56. The van der Waals surface area contributed by atoms with Crippen LogP contribution in [0, 0.1) is 0 Å². The van der Waals surface area contributed by atoms with E-state index in [1.54, 1.807) is 0 Å². The Labute approximate surface area is 114 Å². The Hall–Kier alpha value is -1.85. The van der Waals surface area contributed by atoms with Crippen molar-refractivity contribution in [2.24, 2.45) is 0 Å². The van der Waals surface area contributed by atoms with Crippen molar-refractivity contribution in [3.8, 4) is 0 Å². The van der Waals surface area contributed by atoms with Gasteiger partial charge in [0, 0.05) is 25.1 Å². The highest BCUT2D eigenvalue weighted by Gasteiger charge is 2.08. The van der Waals surface area contributed by atoms with Gasteiger partial charge in [0.15, 0.2) is 0 Å². The van der Waals surface area contributed by atoms with Crippen molar-refractivity contribution in [3.63, 3.8) is 0 Å². The van der Waals surface area contributed by atoms with Crippen LogP contribution in [0.15, 0.2) is 6.07 Å². The van der Waals surface area contributed by atoms with Gasteiger partial charge in [-0.25, -0.2) is 9.97 Å². The summed E-state index contributed by atoms with van der Waals surface area (Å²) in [6, 6.07) is 1.81. The van der Waals surface area contributed by atoms with Gasteiger partial charge in [-0.15, -0.1) is 0 Å². The molecule has 0 unspecified atom stereocenters. The quantitative estimate of drug-likeness (QED) is 0.697. The molecule has 0 saturated heterocycles. The number of nitrogens with zero attached hydrogens (tertiary/aromatic N) is 2. The van der Waals surface area contributed by atoms with Gasteiger partial charge in [-0.2, -0.15) is 0 Å². The minimum absolute atomic E-state index is 0.0443. The summed E-state index contributed by atoms with van der Waals surface area (Å²) in [7, 11) is 0. The first-order valence-electron chi connectivity index (χ1n) is 6.70. The van der Waals surface area contributed by atoms with Gasteiger partial charge in [0.25, 0.3) is 0 Å². The lowest BCUT2D eigenvalue weighted by molar-refractivity contribution is -0.119. The highest BCUT2D eigenvalue weighted by Crippen LogP contribution is 2.16. The fraction of sp³-hybridized carbons (Fsp3) is 0.615. The highest BCUT2D eigenvalue weighted by atomic mass is 16.1. The maximum atomic E-state index is 11.4. The van der Waals surface area contributed by atoms with E-state index in [2.05, 4.69) is 25.9 Å². The molecule has 0 fully saturated rings. The Kier molecular flexibility index (Phi) is 6.05. The maximum absolute atomic E-state index is 11.4. The molecule has 3 N–H and O–H groups in total. The van der Waals surface area contributed by atoms with Crippen LogP contribution in [0.4, 0.5) is 11.6 Å². The largest absolute Gasteiger partial charge is 0.370 e. The molecular formula is C13H23N5O. The molecule has 1 heterocycles. The van der Waals surface area contributed by atoms with Crippen molar-refractivity contribution >= 4 is 17.5 Å². The van der Waals surface area contributed by atoms with Gasteiger partial charge in [-0.1, -0.05) is 13.8 Å². The molecule has 0 radical (unpaired) electrons. The Morgan fingerprint density at radius 3 is 2.32 bits per heavy atom. The Morgan fingerprint density at radius 1 is 1.16 bits per heavy atom. The summed E-state index contributed by atoms with van der Waals surface area (Å²) >= 11 is 0. The van der Waals surface area contributed by atoms with Crippen LogP contribution in [0.5, 0.6) is 0 Å². The number of amides is 1. The summed E-state index contributed by atoms with van der Waals surface area (Å²) in [4.78, 5) is 20.2. The molecule has 0 atom stereocenters. The van der Waals surface area contributed by atoms with E-state index in [4.69, 9.17) is 0 Å². The minimum Gasteiger partial charge on any atom is -0.370 e. The summed E-state index contributed by atoms with van der Waals surface area (Å²) < 4.78 is 0. The van der Waals surface area contributed by atoms with Gasteiger partial charge in [-0.05, 0) is 13.8 Å². The van der Waals surface area contributed by atoms with E-state index >= 15 is 0 Å². The lowest BCUT2D eigenvalue weighted by Gasteiger charge is -2.12. The third-order valence-corrected chi connectivity index (χ3v) is 2.42. The normalized spacial score (nSPS) is 10.4. The number of likely N-dealkylation sites (N-methyl/N-ethyl adjacent to an activating group) is 1. The van der Waals surface area contributed by atoms with Crippen molar-refractivity contribution in [1.82, 2.24) is 15.3 Å². The molecule has 0 saturated carbocycles. The molecule has 0 aliphatic carbocycles. The van der Waals surface area contributed by atoms with Crippen LogP contribution >= 0.6 is 0 Å². The molecule has 6 heteroatoms. The summed E-state index contributed by atoms with van der Waals surface area (Å²) in [5.74, 6) is 2.40. The van der Waals surface area contributed by atoms with Crippen LogP contribution in [-0.2, 0) is 4.79 Å². The number of aromatic nitrogens is 2. The number of carbonyl (C=O) groups excluding carboxylic acids is 1. The van der Waals surface area contributed by atoms with E-state index in [0.717, 1.165) is 18.2 Å². The van der Waals surface area contributed by atoms with Crippen molar-refractivity contribution in [2.45, 2.75) is 33.6 Å². The molecule has 6 nitrogen and oxygen atoms in total. The van der Waals surface area contributed by atoms with Crippen LogP contribution in [0.25, 0.3) is 0 Å². The number of nitrogens with one attached hydrogen (secondary N) is 3. The van der Waals surface area contributed by atoms with E-state index in [-0.39, 0.29) is 18.4 Å². The van der Waals surface area contributed by atoms with E-state index in [1.807, 2.05) is 33.8 Å². The van der Waals surface area contributed by atoms with Crippen molar-refractivity contribution in [2.75, 3.05) is 30.3 Å². The zero-order chi connectivity index (χ0) is 14.3. The molecule has 0 bridgehead atoms. The van der Waals surface area contributed by atoms with Gasteiger partial charge < -0.3 is 16.0 Å². The van der Waals surface area contributed by atoms with Gasteiger partial charge >= 0.3 is 0 Å². The minimum atomic E-state index is -0.0443. The van der Waals surface area contributed by atoms with Crippen molar-refractivity contribution in [1.29, 1.82) is 0 Å². The van der Waals surface area contributed by atoms with E-state index < -0.39 is 0 Å². The average molecular weight is 265 g/mol. The fourth-order valence-corrected chi connectivity index (χ4v) is 1.52. The van der Waals surface area contributed by atoms with E-state index in [0.29, 0.717) is 12.4 Å². The number of carbonyl (C=O) groups is 1. The lowest BCUT2D eigenvalue weighted by atomic mass is 10.2. The molecular weight excluding hydrogens is 242 g/mol. The smallest absolute Gasteiger partial charge is 0.239 e. The van der Waals surface area contributed by atoms with Crippen molar-refractivity contribution in [3.05, 3.63) is 11.9 Å². The molecule has 1 rings (SSSR count). The number of anilines is 2. The van der Waals surface area contributed by atoms with Crippen LogP contribution in [-0.4, -0.2) is 35.5 Å². The summed E-state index contributed by atoms with van der Waals surface area (Å²) in [6.45, 7) is 9.63. The fourth-order valence-electron chi connectivity index (χ4n) is 1.52. The Morgan fingerprint density at radius 2 is 1.79 bits per heavy atom. The predicted molar refractivity (Wildman–Crippen MR) is 77.5 cm³/mol. The van der Waals surface area contributed by atoms with Gasteiger partial charge in [0.2, 0.25) is 5.91 Å². The van der Waals surface area contributed by atoms with Crippen LogP contribution in [0.3, 0.4) is 0 Å². The predicted octanol–water partition coefficient (Wildman–Crippen LogP) is 1.58. The Bertz CT molecular complexity index is 419. The molecule has 1 aromatic heterocycles. The second-order valence-corrected chi connectivity index (χ2v) is 4.49. The lowest BCUT2D eigenvalue weighted by Crippen LogP contribution is -2.29. The Balaban J connectivity index is 2.78. The van der Waals surface area contributed by atoms with Crippen molar-refractivity contribution < 1.29 is 4.79 Å². The SMILES string of the molecule is CCNC(=O)CNc1cc(NCC)nc(C(C)C)n1. The monoisotopic (exact) mass is 265 g/mol. The molecule has 0 spiro atoms. The summed E-state index contributed by atoms with van der Waals surface area (Å²) in [6.07, 6.45) is 0. The topological polar surface area (TPSA) is 78.9 Å². The zero-order valence-corrected chi connectivity index (χ0v) is 12.1. The van der Waals surface area contributed by atoms with E-state index in [1.165, 1.54) is 0 Å². The first-order chi connectivity index (χ1) is 9.06. The standard InChI is InChI=1S/C13H23N5O/c1-5-14-10-7-11(16-8-12(19)15-6-2)18-13(17-10)9(3)4/h7,9H,5-6,8H2,1-4H3,(H,15,19)(H2,14,16,17,18). The van der Waals surface area contributed by atoms with Crippen LogP contribution in [0.1, 0.15) is 39.4 Å². The number of rotatable bonds is 7. The van der Waals surface area contributed by atoms with Crippen LogP contribution < -0.4 is 16.0 Å². The molecule has 106 valence electrons. The van der Waals surface area contributed by atoms with Gasteiger partial charge in [-0.3, -0.25) is 4.79 Å². The van der Waals surface area contributed by atoms with Crippen LogP contribution in [0.2, 0.25) is 0 Å². The second-order valence-electron chi connectivity index (χ2n) is 4.49. The summed E-state index contributed by atoms with van der Waals surface area (Å²) in [5.41, 5.74) is 0. The van der Waals surface area contributed by atoms with Gasteiger partial charge in [0.05, 0.1) is 6.54 Å². The molecule has 19 heavy (non-hydrogen) atoms. The first kappa shape index (κ1) is 15.2. The summed E-state index contributed by atoms with van der Waals surface area (Å²) in [5, 5.41) is 8.92. The molecule has 1 aromatic rings. The average Bonchev–Trinajstić information content (AvgIpc) is 2.37. The molecule has 0 aromatic carbocycles. The molecule has 0 aliphatic rings. The number of hydrogen-bond acceptors (Lipinski definition) is 5. The zero-order valence-electron chi connectivity index (χ0n) is 12.1.